The molecule has 1 saturated heterocycles. The van der Waals surface area contributed by atoms with E-state index in [0.29, 0.717) is 0 Å². The number of nitrogens with two attached hydrogens (primary N) is 1. The molecule has 2 aliphatic carbocycles. The molecule has 0 saturated carbocycles. The van der Waals surface area contributed by atoms with Crippen LogP contribution in [0.15, 0.2) is 24.3 Å². The smallest absolute Gasteiger partial charge is 0.198 e. The molecule has 1 fully saturated rings. The van der Waals surface area contributed by atoms with Gasteiger partial charge in [0.2, 0.25) is 0 Å². The van der Waals surface area contributed by atoms with Crippen LogP contribution in [-0.4, -0.2) is 67.9 Å². The van der Waals surface area contributed by atoms with Gasteiger partial charge in [-0.25, -0.2) is 0 Å². The maximum absolute atomic E-state index is 13.3. The number of phenolic OH excluding ortho intramolecular Hbond substituents is 2. The highest BCUT2D eigenvalue weighted by Crippen LogP contribution is 2.51. The number of carbonyl (C=O) groups excluding carboxylic acids is 3. The Morgan fingerprint density at radius 2 is 1.68 bits per heavy atom. The Kier molecular flexibility index (Phi) is 6.95. The summed E-state index contributed by atoms with van der Waals surface area (Å²) < 4.78 is 11.8. The molecule has 11 heteroatoms. The van der Waals surface area contributed by atoms with Gasteiger partial charge < -0.3 is 35.6 Å². The van der Waals surface area contributed by atoms with Crippen molar-refractivity contribution in [2.45, 2.75) is 69.4 Å². The van der Waals surface area contributed by atoms with Gasteiger partial charge in [-0.05, 0) is 13.8 Å². The van der Waals surface area contributed by atoms with Gasteiger partial charge in [-0.15, -0.1) is 12.4 Å². The Morgan fingerprint density at radius 3 is 2.22 bits per heavy atom. The Balaban J connectivity index is 0.00000320. The van der Waals surface area contributed by atoms with Crippen molar-refractivity contribution in [3.63, 3.8) is 0 Å². The van der Waals surface area contributed by atoms with Gasteiger partial charge in [0.25, 0.3) is 0 Å². The molecule has 1 aliphatic heterocycles. The van der Waals surface area contributed by atoms with Gasteiger partial charge in [0.1, 0.15) is 17.1 Å². The average molecular weight is 534 g/mol. The number of hydrogen-bond acceptors (Lipinski definition) is 10. The number of benzene rings is 2. The minimum absolute atomic E-state index is 0. The third-order valence-electron chi connectivity index (χ3n) is 7.50. The van der Waals surface area contributed by atoms with Crippen molar-refractivity contribution in [2.75, 3.05) is 0 Å². The predicted molar refractivity (Wildman–Crippen MR) is 131 cm³/mol. The van der Waals surface area contributed by atoms with E-state index < -0.39 is 71.5 Å². The first kappa shape index (κ1) is 27.2. The van der Waals surface area contributed by atoms with E-state index in [-0.39, 0.29) is 58.6 Å². The van der Waals surface area contributed by atoms with Crippen molar-refractivity contribution < 1.29 is 44.3 Å². The molecule has 5 rings (SSSR count). The van der Waals surface area contributed by atoms with Gasteiger partial charge in [-0.2, -0.15) is 0 Å². The molecule has 3 aliphatic rings. The molecule has 6 atom stereocenters. The highest BCUT2D eigenvalue weighted by molar-refractivity contribution is 6.30. The molecule has 2 aromatic carbocycles. The Morgan fingerprint density at radius 1 is 1.11 bits per heavy atom. The van der Waals surface area contributed by atoms with Gasteiger partial charge in [0, 0.05) is 47.6 Å². The summed E-state index contributed by atoms with van der Waals surface area (Å²) in [5, 5.41) is 43.8. The molecule has 10 nitrogen and oxygen atoms in total. The average Bonchev–Trinajstić information content (AvgIpc) is 2.82. The molecule has 0 aromatic heterocycles. The zero-order valence-corrected chi connectivity index (χ0v) is 20.9. The van der Waals surface area contributed by atoms with Crippen LogP contribution in [0.4, 0.5) is 0 Å². The molecule has 1 heterocycles. The normalized spacial score (nSPS) is 30.6. The molecule has 37 heavy (non-hydrogen) atoms. The maximum Gasteiger partial charge on any atom is 0.198 e. The number of halogens is 1. The predicted octanol–water partition coefficient (Wildman–Crippen LogP) is 1.44. The summed E-state index contributed by atoms with van der Waals surface area (Å²) in [7, 11) is 0. The van der Waals surface area contributed by atoms with Crippen LogP contribution in [0.1, 0.15) is 75.8 Å². The molecule has 0 bridgehead atoms. The van der Waals surface area contributed by atoms with Gasteiger partial charge in [0.05, 0.1) is 29.4 Å². The number of aliphatic hydroxyl groups is 2. The van der Waals surface area contributed by atoms with Crippen LogP contribution in [0, 0.1) is 0 Å². The van der Waals surface area contributed by atoms with Crippen molar-refractivity contribution >= 4 is 29.8 Å². The monoisotopic (exact) mass is 533 g/mol. The summed E-state index contributed by atoms with van der Waals surface area (Å²) in [4.78, 5) is 39.0. The number of aromatic hydroxyl groups is 2. The van der Waals surface area contributed by atoms with E-state index in [0.717, 1.165) is 0 Å². The zero-order chi connectivity index (χ0) is 26.1. The molecule has 0 radical (unpaired) electrons. The number of Topliss-reactive ketones (excluding diaryl/α,β-unsaturated/α-hetero) is 1. The van der Waals surface area contributed by atoms with E-state index in [4.69, 9.17) is 15.2 Å². The fourth-order valence-corrected chi connectivity index (χ4v) is 5.42. The number of rotatable bonds is 3. The van der Waals surface area contributed by atoms with Crippen molar-refractivity contribution in [2.24, 2.45) is 5.73 Å². The second-order valence-corrected chi connectivity index (χ2v) is 9.80. The Labute approximate surface area is 218 Å². The Bertz CT molecular complexity index is 1300. The first-order chi connectivity index (χ1) is 16.9. The lowest BCUT2D eigenvalue weighted by Crippen LogP contribution is -2.52. The Hall–Kier alpha value is -2.86. The van der Waals surface area contributed by atoms with Gasteiger partial charge in [-0.3, -0.25) is 14.4 Å². The standard InChI is InChI=1S/C26H27NO9.ClH/c1-10-21(29)15(27)7-17(35-10)36-16-9-26(34,11(2)28)8-14-18(16)25(33)20-19(24(14)32)22(30)12-5-3-4-6-13(12)23(20)31;/h3-6,10,15-17,21,29,32-34H,7-9,27H2,1-2H3;1H/t10?,15-,16?,17-,21+,26?;/m0./s1. The zero-order valence-electron chi connectivity index (χ0n) is 20.1. The van der Waals surface area contributed by atoms with Crippen molar-refractivity contribution in [3.05, 3.63) is 57.6 Å². The SMILES string of the molecule is CC(=O)C1(O)Cc2c(O)c3c(c(O)c2C(O[C@H]2C[C@H](N)[C@H](O)C(C)O2)C1)C(=O)c1ccccc1C3=O.Cl. The molecule has 2 aromatic rings. The maximum atomic E-state index is 13.3. The number of phenols is 2. The topological polar surface area (TPSA) is 177 Å². The van der Waals surface area contributed by atoms with Gasteiger partial charge >= 0.3 is 0 Å². The van der Waals surface area contributed by atoms with E-state index in [1.54, 1.807) is 19.1 Å². The lowest BCUT2D eigenvalue weighted by molar-refractivity contribution is -0.247. The summed E-state index contributed by atoms with van der Waals surface area (Å²) in [6.07, 6.45) is -4.38. The first-order valence-electron chi connectivity index (χ1n) is 11.7. The lowest BCUT2D eigenvalue weighted by atomic mass is 9.72. The van der Waals surface area contributed by atoms with Crippen LogP contribution in [0.25, 0.3) is 0 Å². The lowest BCUT2D eigenvalue weighted by Gasteiger charge is -2.42. The van der Waals surface area contributed by atoms with E-state index in [1.165, 1.54) is 19.1 Å². The van der Waals surface area contributed by atoms with Crippen molar-refractivity contribution in [1.82, 2.24) is 0 Å². The second kappa shape index (κ2) is 9.46. The summed E-state index contributed by atoms with van der Waals surface area (Å²) >= 11 is 0. The third kappa shape index (κ3) is 4.14. The van der Waals surface area contributed by atoms with Crippen LogP contribution in [0.3, 0.4) is 0 Å². The number of hydrogen-bond donors (Lipinski definition) is 5. The number of ether oxygens (including phenoxy) is 2. The van der Waals surface area contributed by atoms with Crippen molar-refractivity contribution in [3.8, 4) is 11.5 Å². The first-order valence-corrected chi connectivity index (χ1v) is 11.7. The van der Waals surface area contributed by atoms with Crippen LogP contribution in [0.2, 0.25) is 0 Å². The number of carbonyl (C=O) groups is 3. The van der Waals surface area contributed by atoms with E-state index in [1.807, 2.05) is 0 Å². The van der Waals surface area contributed by atoms with Crippen LogP contribution in [0.5, 0.6) is 11.5 Å². The number of aliphatic hydroxyl groups excluding tert-OH is 1. The van der Waals surface area contributed by atoms with E-state index >= 15 is 0 Å². The molecule has 6 N–H and O–H groups in total. The summed E-state index contributed by atoms with van der Waals surface area (Å²) in [6.45, 7) is 2.80. The molecule has 198 valence electrons. The molecule has 0 spiro atoms. The van der Waals surface area contributed by atoms with Gasteiger partial charge in [0.15, 0.2) is 23.6 Å². The minimum atomic E-state index is -1.97. The number of ketones is 3. The molecular formula is C26H28ClNO9. The largest absolute Gasteiger partial charge is 0.507 e. The summed E-state index contributed by atoms with van der Waals surface area (Å²) in [5.74, 6) is -3.06. The number of fused-ring (bicyclic) bond motifs is 3. The molecule has 3 unspecified atom stereocenters. The quantitative estimate of drug-likeness (QED) is 0.309. The second-order valence-electron chi connectivity index (χ2n) is 9.80. The summed E-state index contributed by atoms with van der Waals surface area (Å²) in [5.41, 5.74) is 3.38. The van der Waals surface area contributed by atoms with Crippen LogP contribution < -0.4 is 5.73 Å². The van der Waals surface area contributed by atoms with Crippen LogP contribution >= 0.6 is 12.4 Å². The molecule has 0 amide bonds. The molecular weight excluding hydrogens is 506 g/mol. The van der Waals surface area contributed by atoms with Crippen molar-refractivity contribution in [1.29, 1.82) is 0 Å². The van der Waals surface area contributed by atoms with Gasteiger partial charge in [-0.1, -0.05) is 24.3 Å². The fraction of sp³-hybridized carbons (Fsp3) is 0.423. The fourth-order valence-electron chi connectivity index (χ4n) is 5.42. The highest BCUT2D eigenvalue weighted by Gasteiger charge is 2.49. The third-order valence-corrected chi connectivity index (χ3v) is 7.50. The summed E-state index contributed by atoms with van der Waals surface area (Å²) in [6, 6.07) is 5.40. The van der Waals surface area contributed by atoms with E-state index in [9.17, 15) is 34.8 Å². The van der Waals surface area contributed by atoms with Crippen LogP contribution in [-0.2, 0) is 20.7 Å². The van der Waals surface area contributed by atoms with E-state index in [2.05, 4.69) is 0 Å². The minimum Gasteiger partial charge on any atom is -0.507 e. The highest BCUT2D eigenvalue weighted by atomic mass is 35.5.